The Hall–Kier alpha value is -4.36. The van der Waals surface area contributed by atoms with E-state index in [1.54, 1.807) is 24.3 Å². The summed E-state index contributed by atoms with van der Waals surface area (Å²) in [6.07, 6.45) is 6.04. The van der Waals surface area contributed by atoms with Crippen LogP contribution in [0.2, 0.25) is 10.0 Å². The van der Waals surface area contributed by atoms with E-state index in [0.29, 0.717) is 22.2 Å². The predicted octanol–water partition coefficient (Wildman–Crippen LogP) is 8.37. The molecule has 5 aromatic rings. The molecule has 0 bridgehead atoms. The first-order valence-electron chi connectivity index (χ1n) is 14.4. The van der Waals surface area contributed by atoms with E-state index in [1.807, 2.05) is 30.5 Å². The number of methoxy groups -OCH3 is 1. The Morgan fingerprint density at radius 1 is 0.909 bits per heavy atom. The van der Waals surface area contributed by atoms with E-state index in [1.165, 1.54) is 18.4 Å². The second kappa shape index (κ2) is 13.5. The lowest BCUT2D eigenvalue weighted by atomic mass is 10.0. The number of rotatable bonds is 8. The van der Waals surface area contributed by atoms with Gasteiger partial charge in [0.2, 0.25) is 0 Å². The maximum atomic E-state index is 11.9. The summed E-state index contributed by atoms with van der Waals surface area (Å²) in [6.45, 7) is 3.90. The highest BCUT2D eigenvalue weighted by Gasteiger charge is 2.14. The number of anilines is 1. The van der Waals surface area contributed by atoms with Crippen LogP contribution in [0.25, 0.3) is 34.5 Å². The Labute approximate surface area is 267 Å². The van der Waals surface area contributed by atoms with Gasteiger partial charge in [0.15, 0.2) is 0 Å². The minimum atomic E-state index is -0.363. The molecule has 1 fully saturated rings. The summed E-state index contributed by atoms with van der Waals surface area (Å²) in [7, 11) is 1.38. The van der Waals surface area contributed by atoms with E-state index < -0.39 is 0 Å². The Kier molecular flexibility index (Phi) is 9.12. The molecule has 222 valence electrons. The monoisotopic (exact) mass is 623 g/mol. The lowest BCUT2D eigenvalue weighted by Crippen LogP contribution is -2.36. The number of halogens is 2. The number of esters is 1. The van der Waals surface area contributed by atoms with Gasteiger partial charge in [0.25, 0.3) is 0 Å². The summed E-state index contributed by atoms with van der Waals surface area (Å²) in [5.74, 6) is 0.406. The molecular weight excluding hydrogens is 593 g/mol. The van der Waals surface area contributed by atoms with Crippen LogP contribution >= 0.6 is 23.2 Å². The molecule has 0 aliphatic carbocycles. The molecule has 0 spiro atoms. The summed E-state index contributed by atoms with van der Waals surface area (Å²) in [6, 6.07) is 30.0. The van der Waals surface area contributed by atoms with Crippen molar-refractivity contribution in [3.63, 3.8) is 0 Å². The standard InChI is InChI=1S/C36H31Cl2N3O3/c1-43-36(42)28-12-7-26(8-13-28)23-41-24-34(32-15-14-30(37)22-33(32)38)39-35(41)16-9-25-5-10-27(11-6-25)29-3-2-4-31(21-29)40-17-19-44-20-18-40/h2-16,21-22,24H,17-20,23H2,1H3. The lowest BCUT2D eigenvalue weighted by molar-refractivity contribution is 0.0600. The smallest absolute Gasteiger partial charge is 0.337 e. The maximum Gasteiger partial charge on any atom is 0.337 e. The quantitative estimate of drug-likeness (QED) is 0.163. The lowest BCUT2D eigenvalue weighted by Gasteiger charge is -2.29. The van der Waals surface area contributed by atoms with Gasteiger partial charge >= 0.3 is 5.97 Å². The van der Waals surface area contributed by atoms with Gasteiger partial charge in [-0.15, -0.1) is 0 Å². The highest BCUT2D eigenvalue weighted by atomic mass is 35.5. The summed E-state index contributed by atoms with van der Waals surface area (Å²) < 4.78 is 12.4. The average Bonchev–Trinajstić information content (AvgIpc) is 3.46. The van der Waals surface area contributed by atoms with Gasteiger partial charge in [0.05, 0.1) is 36.6 Å². The molecule has 0 N–H and O–H groups in total. The minimum absolute atomic E-state index is 0.363. The molecule has 0 saturated carbocycles. The van der Waals surface area contributed by atoms with E-state index >= 15 is 0 Å². The van der Waals surface area contributed by atoms with Gasteiger partial charge in [-0.2, -0.15) is 0 Å². The Balaban J connectivity index is 1.25. The van der Waals surface area contributed by atoms with Crippen LogP contribution < -0.4 is 4.90 Å². The number of imidazole rings is 1. The predicted molar refractivity (Wildman–Crippen MR) is 178 cm³/mol. The summed E-state index contributed by atoms with van der Waals surface area (Å²) in [5.41, 5.74) is 7.69. The second-order valence-corrected chi connectivity index (χ2v) is 11.4. The van der Waals surface area contributed by atoms with Crippen molar-refractivity contribution in [2.45, 2.75) is 6.54 Å². The summed E-state index contributed by atoms with van der Waals surface area (Å²) in [4.78, 5) is 19.2. The van der Waals surface area contributed by atoms with Gasteiger partial charge < -0.3 is 18.9 Å². The Morgan fingerprint density at radius 3 is 2.41 bits per heavy atom. The van der Waals surface area contributed by atoms with E-state index in [9.17, 15) is 4.79 Å². The van der Waals surface area contributed by atoms with Crippen LogP contribution in [0.4, 0.5) is 5.69 Å². The maximum absolute atomic E-state index is 11.9. The van der Waals surface area contributed by atoms with E-state index in [2.05, 4.69) is 64.1 Å². The molecule has 0 atom stereocenters. The zero-order valence-electron chi connectivity index (χ0n) is 24.3. The Morgan fingerprint density at radius 2 is 1.68 bits per heavy atom. The number of benzene rings is 4. The van der Waals surface area contributed by atoms with Crippen LogP contribution in [-0.4, -0.2) is 48.9 Å². The van der Waals surface area contributed by atoms with Crippen molar-refractivity contribution < 1.29 is 14.3 Å². The number of ether oxygens (including phenoxy) is 2. The van der Waals surface area contributed by atoms with Crippen LogP contribution in [0.3, 0.4) is 0 Å². The number of hydrogen-bond donors (Lipinski definition) is 0. The van der Waals surface area contributed by atoms with Crippen LogP contribution in [0.15, 0.2) is 97.2 Å². The molecule has 8 heteroatoms. The number of hydrogen-bond acceptors (Lipinski definition) is 5. The second-order valence-electron chi connectivity index (χ2n) is 10.5. The molecular formula is C36H31Cl2N3O3. The third kappa shape index (κ3) is 6.89. The third-order valence-corrected chi connectivity index (χ3v) is 8.18. The van der Waals surface area contributed by atoms with E-state index in [-0.39, 0.29) is 5.97 Å². The zero-order chi connectivity index (χ0) is 30.5. The fourth-order valence-electron chi connectivity index (χ4n) is 5.24. The fourth-order valence-corrected chi connectivity index (χ4v) is 5.74. The number of aromatic nitrogens is 2. The molecule has 1 aliphatic heterocycles. The SMILES string of the molecule is COC(=O)c1ccc(Cn2cc(-c3ccc(Cl)cc3Cl)nc2C=Cc2ccc(-c3cccc(N4CCOCC4)c3)cc2)cc1. The van der Waals surface area contributed by atoms with E-state index in [0.717, 1.165) is 60.1 Å². The zero-order valence-corrected chi connectivity index (χ0v) is 25.8. The van der Waals surface area contributed by atoms with E-state index in [4.69, 9.17) is 37.7 Å². The summed E-state index contributed by atoms with van der Waals surface area (Å²) >= 11 is 12.7. The molecule has 2 heterocycles. The molecule has 6 nitrogen and oxygen atoms in total. The number of carbonyl (C=O) groups excluding carboxylic acids is 1. The molecule has 4 aromatic carbocycles. The van der Waals surface area contributed by atoms with Gasteiger partial charge in [0, 0.05) is 42.1 Å². The summed E-state index contributed by atoms with van der Waals surface area (Å²) in [5, 5.41) is 1.11. The highest BCUT2D eigenvalue weighted by molar-refractivity contribution is 6.36. The number of carbonyl (C=O) groups is 1. The van der Waals surface area contributed by atoms with Gasteiger partial charge in [0.1, 0.15) is 5.82 Å². The first-order chi connectivity index (χ1) is 21.5. The normalized spacial score (nSPS) is 13.4. The topological polar surface area (TPSA) is 56.6 Å². The van der Waals surface area contributed by atoms with Crippen molar-refractivity contribution >= 4 is 47.0 Å². The average molecular weight is 625 g/mol. The van der Waals surface area contributed by atoms with Crippen molar-refractivity contribution in [3.05, 3.63) is 130 Å². The number of morpholine rings is 1. The molecule has 1 aromatic heterocycles. The molecule has 0 unspecified atom stereocenters. The minimum Gasteiger partial charge on any atom is -0.465 e. The van der Waals surface area contributed by atoms with Crippen molar-refractivity contribution in [3.8, 4) is 22.4 Å². The van der Waals surface area contributed by atoms with Crippen molar-refractivity contribution in [1.29, 1.82) is 0 Å². The first-order valence-corrected chi connectivity index (χ1v) is 15.1. The van der Waals surface area contributed by atoms with Crippen LogP contribution in [0.5, 0.6) is 0 Å². The Bertz CT molecular complexity index is 1790. The molecule has 0 amide bonds. The van der Waals surface area contributed by atoms with Crippen molar-refractivity contribution in [2.24, 2.45) is 0 Å². The number of nitrogens with zero attached hydrogens (tertiary/aromatic N) is 3. The molecule has 1 saturated heterocycles. The van der Waals surface area contributed by atoms with Gasteiger partial charge in [-0.3, -0.25) is 0 Å². The van der Waals surface area contributed by atoms with Gasteiger partial charge in [-0.05, 0) is 70.8 Å². The largest absolute Gasteiger partial charge is 0.465 e. The van der Waals surface area contributed by atoms with Gasteiger partial charge in [-0.1, -0.05) is 77.8 Å². The molecule has 44 heavy (non-hydrogen) atoms. The molecule has 6 rings (SSSR count). The van der Waals surface area contributed by atoms with Crippen LogP contribution in [0, 0.1) is 0 Å². The van der Waals surface area contributed by atoms with Crippen LogP contribution in [-0.2, 0) is 16.0 Å². The van der Waals surface area contributed by atoms with Crippen LogP contribution in [0.1, 0.15) is 27.3 Å². The fraction of sp³-hybridized carbons (Fsp3) is 0.167. The van der Waals surface area contributed by atoms with Crippen molar-refractivity contribution in [2.75, 3.05) is 38.3 Å². The molecule has 1 aliphatic rings. The van der Waals surface area contributed by atoms with Gasteiger partial charge in [-0.25, -0.2) is 9.78 Å². The van der Waals surface area contributed by atoms with Crippen molar-refractivity contribution in [1.82, 2.24) is 9.55 Å². The third-order valence-electron chi connectivity index (χ3n) is 7.63. The molecule has 0 radical (unpaired) electrons. The highest BCUT2D eigenvalue weighted by Crippen LogP contribution is 2.31. The first kappa shape index (κ1) is 29.7.